The third-order valence-electron chi connectivity index (χ3n) is 4.06. The molecule has 2 aromatic carbocycles. The van der Waals surface area contributed by atoms with E-state index in [1.807, 2.05) is 36.5 Å². The molecule has 2 aromatic rings. The van der Waals surface area contributed by atoms with Gasteiger partial charge in [-0.25, -0.2) is 5.06 Å². The Kier molecular flexibility index (Phi) is 2.79. The largest absolute Gasteiger partial charge is 0.374 e. The van der Waals surface area contributed by atoms with Gasteiger partial charge in [-0.1, -0.05) is 48.6 Å². The molecule has 0 spiro atoms. The Bertz CT molecular complexity index is 748. The fourth-order valence-corrected chi connectivity index (χ4v) is 2.97. The van der Waals surface area contributed by atoms with Crippen molar-refractivity contribution in [2.45, 2.75) is 12.5 Å². The summed E-state index contributed by atoms with van der Waals surface area (Å²) in [6, 6.07) is 16.3. The van der Waals surface area contributed by atoms with Gasteiger partial charge in [-0.3, -0.25) is 5.21 Å². The van der Waals surface area contributed by atoms with Gasteiger partial charge in [0.1, 0.15) is 0 Å². The van der Waals surface area contributed by atoms with Gasteiger partial charge in [0.15, 0.2) is 0 Å². The van der Waals surface area contributed by atoms with Gasteiger partial charge in [0.2, 0.25) is 0 Å². The van der Waals surface area contributed by atoms with Crippen LogP contribution in [0.4, 0.5) is 11.4 Å². The van der Waals surface area contributed by atoms with Crippen molar-refractivity contribution in [3.63, 3.8) is 0 Å². The van der Waals surface area contributed by atoms with Gasteiger partial charge < -0.3 is 5.32 Å². The maximum absolute atomic E-state index is 10.2. The highest BCUT2D eigenvalue weighted by molar-refractivity contribution is 5.72. The van der Waals surface area contributed by atoms with Gasteiger partial charge in [0.25, 0.3) is 0 Å². The van der Waals surface area contributed by atoms with Gasteiger partial charge in [-0.2, -0.15) is 0 Å². The van der Waals surface area contributed by atoms with Crippen LogP contribution in [0.1, 0.15) is 11.1 Å². The van der Waals surface area contributed by atoms with Crippen molar-refractivity contribution in [1.29, 1.82) is 0 Å². The summed E-state index contributed by atoms with van der Waals surface area (Å²) in [5, 5.41) is 14.9. The summed E-state index contributed by atoms with van der Waals surface area (Å²) >= 11 is 0. The number of rotatable bonds is 1. The van der Waals surface area contributed by atoms with Crippen LogP contribution in [0.2, 0.25) is 0 Å². The summed E-state index contributed by atoms with van der Waals surface area (Å²) in [6.45, 7) is 0. The smallest absolute Gasteiger partial charge is 0.0721 e. The molecule has 21 heavy (non-hydrogen) atoms. The number of fused-ring (bicyclic) bond motifs is 2. The molecule has 0 saturated heterocycles. The molecule has 1 unspecified atom stereocenters. The average molecular weight is 276 g/mol. The number of hydrogen-bond donors (Lipinski definition) is 2. The SMILES string of the molecule is ON1C=C(C2C=Cc3ccccc3N2)Cc2ccccc21. The molecule has 0 saturated carbocycles. The quantitative estimate of drug-likeness (QED) is 0.831. The average Bonchev–Trinajstić information content (AvgIpc) is 2.54. The molecule has 0 aliphatic carbocycles. The Labute approximate surface area is 123 Å². The van der Waals surface area contributed by atoms with E-state index in [4.69, 9.17) is 0 Å². The number of anilines is 2. The monoisotopic (exact) mass is 276 g/mol. The lowest BCUT2D eigenvalue weighted by atomic mass is 9.93. The standard InChI is InChI=1S/C18H16N2O/c21-20-12-15(11-14-6-2-4-8-18(14)20)17-10-9-13-5-1-3-7-16(13)19-17/h1-10,12,17,19,21H,11H2. The molecule has 0 bridgehead atoms. The summed E-state index contributed by atoms with van der Waals surface area (Å²) in [5.41, 5.74) is 5.50. The van der Waals surface area contributed by atoms with Crippen molar-refractivity contribution in [3.8, 4) is 0 Å². The van der Waals surface area contributed by atoms with Crippen molar-refractivity contribution < 1.29 is 5.21 Å². The fraction of sp³-hybridized carbons (Fsp3) is 0.111. The molecule has 2 aliphatic heterocycles. The minimum absolute atomic E-state index is 0.114. The molecule has 2 N–H and O–H groups in total. The third kappa shape index (κ3) is 2.12. The molecular formula is C18H16N2O. The van der Waals surface area contributed by atoms with Crippen LogP contribution in [0, 0.1) is 0 Å². The van der Waals surface area contributed by atoms with Crippen LogP contribution in [0.5, 0.6) is 0 Å². The molecule has 2 aliphatic rings. The first kappa shape index (κ1) is 12.2. The van der Waals surface area contributed by atoms with E-state index in [2.05, 4.69) is 35.7 Å². The Balaban J connectivity index is 1.65. The molecule has 0 amide bonds. The van der Waals surface area contributed by atoms with Gasteiger partial charge >= 0.3 is 0 Å². The Hall–Kier alpha value is -2.52. The lowest BCUT2D eigenvalue weighted by Crippen LogP contribution is -2.28. The number of nitrogens with zero attached hydrogens (tertiary/aromatic N) is 1. The molecule has 2 heterocycles. The van der Waals surface area contributed by atoms with Crippen LogP contribution in [0.15, 0.2) is 66.4 Å². The molecular weight excluding hydrogens is 260 g/mol. The normalized spacial score (nSPS) is 19.4. The molecule has 0 aromatic heterocycles. The number of nitrogens with one attached hydrogen (secondary N) is 1. The number of para-hydroxylation sites is 2. The van der Waals surface area contributed by atoms with E-state index in [-0.39, 0.29) is 6.04 Å². The first-order chi connectivity index (χ1) is 10.3. The summed E-state index contributed by atoms with van der Waals surface area (Å²) in [6.07, 6.45) is 6.95. The van der Waals surface area contributed by atoms with Crippen molar-refractivity contribution in [2.75, 3.05) is 10.4 Å². The Morgan fingerprint density at radius 2 is 1.86 bits per heavy atom. The van der Waals surface area contributed by atoms with Crippen LogP contribution < -0.4 is 10.4 Å². The van der Waals surface area contributed by atoms with Crippen molar-refractivity contribution in [3.05, 3.63) is 77.5 Å². The molecule has 0 fully saturated rings. The van der Waals surface area contributed by atoms with E-state index >= 15 is 0 Å². The first-order valence-electron chi connectivity index (χ1n) is 7.11. The highest BCUT2D eigenvalue weighted by atomic mass is 16.5. The van der Waals surface area contributed by atoms with Crippen LogP contribution in [-0.2, 0) is 6.42 Å². The van der Waals surface area contributed by atoms with Crippen LogP contribution >= 0.6 is 0 Å². The Morgan fingerprint density at radius 3 is 2.81 bits per heavy atom. The van der Waals surface area contributed by atoms with Crippen molar-refractivity contribution in [1.82, 2.24) is 0 Å². The fourth-order valence-electron chi connectivity index (χ4n) is 2.97. The number of hydroxylamine groups is 1. The highest BCUT2D eigenvalue weighted by Gasteiger charge is 2.22. The zero-order valence-electron chi connectivity index (χ0n) is 11.5. The zero-order chi connectivity index (χ0) is 14.2. The molecule has 1 atom stereocenters. The van der Waals surface area contributed by atoms with E-state index < -0.39 is 0 Å². The predicted molar refractivity (Wildman–Crippen MR) is 85.4 cm³/mol. The molecule has 0 radical (unpaired) electrons. The second-order valence-corrected chi connectivity index (χ2v) is 5.42. The molecule has 3 heteroatoms. The minimum Gasteiger partial charge on any atom is -0.374 e. The highest BCUT2D eigenvalue weighted by Crippen LogP contribution is 2.32. The lowest BCUT2D eigenvalue weighted by Gasteiger charge is -2.30. The summed E-state index contributed by atoms with van der Waals surface area (Å²) in [5.74, 6) is 0. The van der Waals surface area contributed by atoms with E-state index in [9.17, 15) is 5.21 Å². The first-order valence-corrected chi connectivity index (χ1v) is 7.11. The maximum atomic E-state index is 10.2. The molecule has 104 valence electrons. The minimum atomic E-state index is 0.114. The summed E-state index contributed by atoms with van der Waals surface area (Å²) in [7, 11) is 0. The van der Waals surface area contributed by atoms with Crippen molar-refractivity contribution in [2.24, 2.45) is 0 Å². The predicted octanol–water partition coefficient (Wildman–Crippen LogP) is 3.83. The van der Waals surface area contributed by atoms with Gasteiger partial charge in [-0.15, -0.1) is 0 Å². The van der Waals surface area contributed by atoms with Crippen LogP contribution in [0.3, 0.4) is 0 Å². The summed E-state index contributed by atoms with van der Waals surface area (Å²) in [4.78, 5) is 0. The zero-order valence-corrected chi connectivity index (χ0v) is 11.5. The third-order valence-corrected chi connectivity index (χ3v) is 4.06. The second-order valence-electron chi connectivity index (χ2n) is 5.42. The van der Waals surface area contributed by atoms with E-state index in [1.54, 1.807) is 0 Å². The topological polar surface area (TPSA) is 35.5 Å². The molecule has 4 rings (SSSR count). The number of benzene rings is 2. The number of hydrogen-bond acceptors (Lipinski definition) is 3. The van der Waals surface area contributed by atoms with Gasteiger partial charge in [-0.05, 0) is 35.3 Å². The van der Waals surface area contributed by atoms with Gasteiger partial charge in [0, 0.05) is 11.9 Å². The van der Waals surface area contributed by atoms with E-state index in [0.29, 0.717) is 0 Å². The van der Waals surface area contributed by atoms with Gasteiger partial charge in [0.05, 0.1) is 11.7 Å². The lowest BCUT2D eigenvalue weighted by molar-refractivity contribution is 0.291. The Morgan fingerprint density at radius 1 is 1.05 bits per heavy atom. The van der Waals surface area contributed by atoms with Crippen LogP contribution in [0.25, 0.3) is 6.08 Å². The summed E-state index contributed by atoms with van der Waals surface area (Å²) < 4.78 is 0. The molecule has 3 nitrogen and oxygen atoms in total. The van der Waals surface area contributed by atoms with Crippen LogP contribution in [-0.4, -0.2) is 11.2 Å². The second kappa shape index (κ2) is 4.79. The van der Waals surface area contributed by atoms with E-state index in [0.717, 1.165) is 28.9 Å². The van der Waals surface area contributed by atoms with E-state index in [1.165, 1.54) is 10.6 Å². The van der Waals surface area contributed by atoms with Crippen molar-refractivity contribution >= 4 is 17.5 Å². The maximum Gasteiger partial charge on any atom is 0.0721 e.